The number of carbonyl (C=O) groups is 2. The van der Waals surface area contributed by atoms with Crippen LogP contribution in [0.1, 0.15) is 24.2 Å². The minimum absolute atomic E-state index is 0.0795. The molecular weight excluding hydrogens is 537 g/mol. The maximum absolute atomic E-state index is 13.6. The molecule has 2 N–H and O–H groups in total. The molecule has 1 saturated heterocycles. The van der Waals surface area contributed by atoms with Gasteiger partial charge >= 0.3 is 6.03 Å². The van der Waals surface area contributed by atoms with Crippen LogP contribution in [0.15, 0.2) is 60.7 Å². The van der Waals surface area contributed by atoms with E-state index in [1.54, 1.807) is 42.3 Å². The number of rotatable bonds is 8. The van der Waals surface area contributed by atoms with Crippen molar-refractivity contribution in [1.29, 1.82) is 0 Å². The number of nitrogens with zero attached hydrogens (tertiary/aromatic N) is 3. The number of piperazine rings is 1. The summed E-state index contributed by atoms with van der Waals surface area (Å²) in [4.78, 5) is 32.6. The van der Waals surface area contributed by atoms with Crippen LogP contribution in [0.5, 0.6) is 5.75 Å². The Labute approximate surface area is 239 Å². The lowest BCUT2D eigenvalue weighted by Crippen LogP contribution is -2.47. The molecular formula is C29H33Cl2N5O3. The van der Waals surface area contributed by atoms with Crippen LogP contribution in [0, 0.1) is 0 Å². The van der Waals surface area contributed by atoms with Crippen molar-refractivity contribution >= 4 is 57.9 Å². The molecule has 0 aliphatic carbocycles. The van der Waals surface area contributed by atoms with Crippen molar-refractivity contribution in [1.82, 2.24) is 4.90 Å². The lowest BCUT2D eigenvalue weighted by atomic mass is 10.1. The zero-order valence-electron chi connectivity index (χ0n) is 22.3. The molecule has 0 radical (unpaired) electrons. The number of para-hydroxylation sites is 2. The molecule has 3 aromatic rings. The lowest BCUT2D eigenvalue weighted by Gasteiger charge is -2.38. The van der Waals surface area contributed by atoms with E-state index >= 15 is 0 Å². The van der Waals surface area contributed by atoms with Crippen molar-refractivity contribution in [3.05, 3.63) is 76.3 Å². The summed E-state index contributed by atoms with van der Waals surface area (Å²) in [7, 11) is 1.68. The number of anilines is 4. The lowest BCUT2D eigenvalue weighted by molar-refractivity contribution is 0.0773. The number of nitrogens with one attached hydrogen (secondary N) is 2. The fraction of sp³-hybridized carbons (Fsp3) is 0.310. The van der Waals surface area contributed by atoms with Crippen LogP contribution in [0.25, 0.3) is 0 Å². The van der Waals surface area contributed by atoms with Gasteiger partial charge in [0.15, 0.2) is 0 Å². The first kappa shape index (κ1) is 28.4. The molecule has 0 bridgehead atoms. The molecule has 3 amide bonds. The smallest absolute Gasteiger partial charge is 0.323 e. The summed E-state index contributed by atoms with van der Waals surface area (Å²) in [6.45, 7) is 8.11. The third kappa shape index (κ3) is 6.52. The summed E-state index contributed by atoms with van der Waals surface area (Å²) in [5.74, 6) is 0.764. The molecule has 206 valence electrons. The van der Waals surface area contributed by atoms with Gasteiger partial charge in [-0.3, -0.25) is 4.79 Å². The second kappa shape index (κ2) is 13.0. The number of urea groups is 1. The van der Waals surface area contributed by atoms with Gasteiger partial charge in [0.2, 0.25) is 0 Å². The molecule has 3 aromatic carbocycles. The van der Waals surface area contributed by atoms with Crippen LogP contribution in [0.4, 0.5) is 27.5 Å². The fourth-order valence-electron chi connectivity index (χ4n) is 4.71. The Morgan fingerprint density at radius 2 is 1.54 bits per heavy atom. The number of amides is 3. The molecule has 4 rings (SSSR count). The molecule has 1 aliphatic rings. The van der Waals surface area contributed by atoms with Crippen LogP contribution in [-0.2, 0) is 0 Å². The standard InChI is InChI=1S/C29H33Cl2N5O3/c1-4-34(5-2)28(37)21-19-20(32-29(38)33-23-10-8-9-22(30)27(23)31)13-14-24(21)35-15-17-36(18-16-35)25-11-6-7-12-26(25)39-3/h6-14,19H,4-5,15-18H2,1-3H3,(H2,32,33,38). The first-order valence-corrected chi connectivity index (χ1v) is 13.7. The maximum Gasteiger partial charge on any atom is 0.323 e. The number of benzene rings is 3. The highest BCUT2D eigenvalue weighted by Gasteiger charge is 2.25. The van der Waals surface area contributed by atoms with Gasteiger partial charge in [0.1, 0.15) is 5.75 Å². The third-order valence-corrected chi connectivity index (χ3v) is 7.60. The summed E-state index contributed by atoms with van der Waals surface area (Å²) in [5.41, 5.74) is 3.34. The zero-order chi connectivity index (χ0) is 27.9. The maximum atomic E-state index is 13.6. The van der Waals surface area contributed by atoms with Crippen molar-refractivity contribution < 1.29 is 14.3 Å². The van der Waals surface area contributed by atoms with Crippen molar-refractivity contribution in [3.8, 4) is 5.75 Å². The van der Waals surface area contributed by atoms with Gasteiger partial charge in [0.25, 0.3) is 5.91 Å². The summed E-state index contributed by atoms with van der Waals surface area (Å²) in [6, 6.07) is 18.0. The zero-order valence-corrected chi connectivity index (χ0v) is 23.9. The van der Waals surface area contributed by atoms with E-state index < -0.39 is 6.03 Å². The summed E-state index contributed by atoms with van der Waals surface area (Å²) in [6.07, 6.45) is 0. The van der Waals surface area contributed by atoms with Crippen molar-refractivity contribution in [2.75, 3.05) is 66.8 Å². The number of carbonyl (C=O) groups excluding carboxylic acids is 2. The summed E-state index contributed by atoms with van der Waals surface area (Å²) >= 11 is 12.3. The monoisotopic (exact) mass is 569 g/mol. The third-order valence-electron chi connectivity index (χ3n) is 6.78. The molecule has 1 aliphatic heterocycles. The number of ether oxygens (including phenoxy) is 1. The van der Waals surface area contributed by atoms with Gasteiger partial charge in [-0.15, -0.1) is 0 Å². The second-order valence-electron chi connectivity index (χ2n) is 9.04. The molecule has 0 atom stereocenters. The Hall–Kier alpha value is -3.62. The van der Waals surface area contributed by atoms with Crippen molar-refractivity contribution in [3.63, 3.8) is 0 Å². The fourth-order valence-corrected chi connectivity index (χ4v) is 5.05. The van der Waals surface area contributed by atoms with Crippen LogP contribution < -0.4 is 25.2 Å². The number of methoxy groups -OCH3 is 1. The van der Waals surface area contributed by atoms with Crippen LogP contribution in [0.3, 0.4) is 0 Å². The van der Waals surface area contributed by atoms with E-state index in [2.05, 4.69) is 26.5 Å². The second-order valence-corrected chi connectivity index (χ2v) is 9.82. The highest BCUT2D eigenvalue weighted by molar-refractivity contribution is 6.44. The van der Waals surface area contributed by atoms with E-state index in [1.165, 1.54) is 0 Å². The Morgan fingerprint density at radius 3 is 2.21 bits per heavy atom. The number of halogens is 2. The Balaban J connectivity index is 1.55. The largest absolute Gasteiger partial charge is 0.495 e. The highest BCUT2D eigenvalue weighted by atomic mass is 35.5. The van der Waals surface area contributed by atoms with E-state index in [4.69, 9.17) is 27.9 Å². The van der Waals surface area contributed by atoms with E-state index in [0.29, 0.717) is 35.1 Å². The molecule has 0 aromatic heterocycles. The van der Waals surface area contributed by atoms with Crippen LogP contribution >= 0.6 is 23.2 Å². The van der Waals surface area contributed by atoms with Gasteiger partial charge in [0, 0.05) is 50.6 Å². The average Bonchev–Trinajstić information content (AvgIpc) is 2.96. The molecule has 39 heavy (non-hydrogen) atoms. The summed E-state index contributed by atoms with van der Waals surface area (Å²) < 4.78 is 5.55. The SMILES string of the molecule is CCN(CC)C(=O)c1cc(NC(=O)Nc2cccc(Cl)c2Cl)ccc1N1CCN(c2ccccc2OC)CC1. The number of hydrogen-bond acceptors (Lipinski definition) is 5. The number of hydrogen-bond donors (Lipinski definition) is 2. The molecule has 0 spiro atoms. The topological polar surface area (TPSA) is 77.2 Å². The van der Waals surface area contributed by atoms with Gasteiger partial charge < -0.3 is 30.1 Å². The minimum atomic E-state index is -0.487. The quantitative estimate of drug-likeness (QED) is 0.325. The Morgan fingerprint density at radius 1 is 0.872 bits per heavy atom. The van der Waals surface area contributed by atoms with Gasteiger partial charge in [-0.1, -0.05) is 41.4 Å². The highest BCUT2D eigenvalue weighted by Crippen LogP contribution is 2.32. The van der Waals surface area contributed by atoms with Crippen LogP contribution in [-0.4, -0.2) is 63.2 Å². The molecule has 0 saturated carbocycles. The van der Waals surface area contributed by atoms with Crippen molar-refractivity contribution in [2.45, 2.75) is 13.8 Å². The van der Waals surface area contributed by atoms with Gasteiger partial charge in [-0.2, -0.15) is 0 Å². The van der Waals surface area contributed by atoms with E-state index in [1.807, 2.05) is 38.1 Å². The molecule has 1 fully saturated rings. The Bertz CT molecular complexity index is 1320. The first-order chi connectivity index (χ1) is 18.9. The van der Waals surface area contributed by atoms with Crippen LogP contribution in [0.2, 0.25) is 10.0 Å². The van der Waals surface area contributed by atoms with Gasteiger partial charge in [-0.05, 0) is 56.3 Å². The predicted molar refractivity (Wildman–Crippen MR) is 160 cm³/mol. The first-order valence-electron chi connectivity index (χ1n) is 12.9. The molecule has 1 heterocycles. The van der Waals surface area contributed by atoms with Crippen molar-refractivity contribution in [2.24, 2.45) is 0 Å². The minimum Gasteiger partial charge on any atom is -0.495 e. The van der Waals surface area contributed by atoms with E-state index in [0.717, 1.165) is 43.3 Å². The van der Waals surface area contributed by atoms with E-state index in [-0.39, 0.29) is 10.9 Å². The normalized spacial score (nSPS) is 13.2. The molecule has 8 nitrogen and oxygen atoms in total. The van der Waals surface area contributed by atoms with Gasteiger partial charge in [-0.25, -0.2) is 4.79 Å². The molecule has 10 heteroatoms. The summed E-state index contributed by atoms with van der Waals surface area (Å²) in [5, 5.41) is 6.13. The van der Waals surface area contributed by atoms with E-state index in [9.17, 15) is 9.59 Å². The molecule has 0 unspecified atom stereocenters. The average molecular weight is 571 g/mol. The Kier molecular flexibility index (Phi) is 9.43. The predicted octanol–water partition coefficient (Wildman–Crippen LogP) is 6.45. The van der Waals surface area contributed by atoms with Gasteiger partial charge in [0.05, 0.1) is 34.1 Å².